The van der Waals surface area contributed by atoms with Gasteiger partial charge in [0, 0.05) is 43.5 Å². The van der Waals surface area contributed by atoms with Gasteiger partial charge in [0.15, 0.2) is 11.6 Å². The number of morpholine rings is 1. The number of rotatable bonds is 5. The molecule has 0 amide bonds. The van der Waals surface area contributed by atoms with Gasteiger partial charge in [-0.15, -0.1) is 0 Å². The lowest BCUT2D eigenvalue weighted by Crippen LogP contribution is -2.36. The molecule has 0 radical (unpaired) electrons. The molecule has 0 bridgehead atoms. The van der Waals surface area contributed by atoms with Crippen LogP contribution in [0, 0.1) is 6.92 Å². The highest BCUT2D eigenvalue weighted by Crippen LogP contribution is 2.36. The molecular weight excluding hydrogens is 432 g/mol. The topological polar surface area (TPSA) is 94.5 Å². The van der Waals surface area contributed by atoms with Gasteiger partial charge in [-0.25, -0.2) is 19.9 Å². The van der Waals surface area contributed by atoms with E-state index in [0.717, 1.165) is 104 Å². The van der Waals surface area contributed by atoms with Crippen LogP contribution >= 0.6 is 0 Å². The first-order chi connectivity index (χ1) is 16.7. The zero-order valence-corrected chi connectivity index (χ0v) is 19.5. The molecule has 1 saturated heterocycles. The van der Waals surface area contributed by atoms with Crippen molar-refractivity contribution in [1.29, 1.82) is 0 Å². The average molecular weight is 463 g/mol. The highest BCUT2D eigenvalue weighted by atomic mass is 16.5. The van der Waals surface area contributed by atoms with Crippen LogP contribution in [0.4, 0.5) is 11.5 Å². The minimum atomic E-state index is 0.162. The van der Waals surface area contributed by atoms with E-state index in [9.17, 15) is 0 Å². The molecule has 9 heteroatoms. The summed E-state index contributed by atoms with van der Waals surface area (Å²) < 4.78 is 17.9. The van der Waals surface area contributed by atoms with E-state index in [0.29, 0.717) is 12.6 Å². The van der Waals surface area contributed by atoms with Crippen LogP contribution < -0.4 is 19.7 Å². The van der Waals surface area contributed by atoms with Crippen molar-refractivity contribution in [2.45, 2.75) is 51.2 Å². The van der Waals surface area contributed by atoms with Gasteiger partial charge in [0.1, 0.15) is 17.9 Å². The van der Waals surface area contributed by atoms with Crippen molar-refractivity contribution in [3.63, 3.8) is 0 Å². The molecule has 1 aromatic carbocycles. The minimum Gasteiger partial charge on any atom is -0.490 e. The van der Waals surface area contributed by atoms with Crippen molar-refractivity contribution < 1.29 is 14.2 Å². The van der Waals surface area contributed by atoms with Gasteiger partial charge in [-0.05, 0) is 38.7 Å². The number of benzene rings is 1. The van der Waals surface area contributed by atoms with Crippen molar-refractivity contribution in [2.24, 2.45) is 0 Å². The molecule has 0 atom stereocenters. The van der Waals surface area contributed by atoms with E-state index in [1.165, 1.54) is 0 Å². The molecule has 0 spiro atoms. The first-order valence-electron chi connectivity index (χ1n) is 12.2. The van der Waals surface area contributed by atoms with Crippen LogP contribution in [0.25, 0.3) is 10.9 Å². The largest absolute Gasteiger partial charge is 0.490 e. The van der Waals surface area contributed by atoms with Crippen LogP contribution in [0.5, 0.6) is 11.5 Å². The van der Waals surface area contributed by atoms with Gasteiger partial charge in [0.25, 0.3) is 0 Å². The lowest BCUT2D eigenvalue weighted by atomic mass is 9.93. The summed E-state index contributed by atoms with van der Waals surface area (Å²) in [6.07, 6.45) is 8.45. The molecule has 2 aliphatic heterocycles. The molecule has 3 aromatic rings. The summed E-state index contributed by atoms with van der Waals surface area (Å²) in [5.74, 6) is 3.33. The van der Waals surface area contributed by atoms with Crippen molar-refractivity contribution in [3.8, 4) is 11.5 Å². The Morgan fingerprint density at radius 1 is 1.06 bits per heavy atom. The van der Waals surface area contributed by atoms with E-state index in [1.807, 2.05) is 13.1 Å². The second-order valence-electron chi connectivity index (χ2n) is 9.23. The molecule has 4 heterocycles. The molecular formula is C25H30N6O3. The highest BCUT2D eigenvalue weighted by Gasteiger charge is 2.27. The molecule has 0 unspecified atom stereocenters. The lowest BCUT2D eigenvalue weighted by Gasteiger charge is -2.32. The van der Waals surface area contributed by atoms with Crippen molar-refractivity contribution in [1.82, 2.24) is 19.9 Å². The normalized spacial score (nSPS) is 22.3. The predicted octanol–water partition coefficient (Wildman–Crippen LogP) is 3.30. The monoisotopic (exact) mass is 462 g/mol. The molecule has 9 nitrogen and oxygen atoms in total. The molecule has 34 heavy (non-hydrogen) atoms. The van der Waals surface area contributed by atoms with Crippen LogP contribution in [-0.4, -0.2) is 65.0 Å². The molecule has 2 aromatic heterocycles. The lowest BCUT2D eigenvalue weighted by molar-refractivity contribution is 0.122. The molecule has 1 saturated carbocycles. The fraction of sp³-hybridized carbons (Fsp3) is 0.520. The fourth-order valence-corrected chi connectivity index (χ4v) is 5.13. The van der Waals surface area contributed by atoms with E-state index in [2.05, 4.69) is 42.3 Å². The second kappa shape index (κ2) is 9.21. The Balaban J connectivity index is 1.15. The summed E-state index contributed by atoms with van der Waals surface area (Å²) in [4.78, 5) is 20.2. The van der Waals surface area contributed by atoms with Gasteiger partial charge in [-0.1, -0.05) is 0 Å². The van der Waals surface area contributed by atoms with E-state index in [4.69, 9.17) is 14.2 Å². The number of aryl methyl sites for hydroxylation is 1. The summed E-state index contributed by atoms with van der Waals surface area (Å²) >= 11 is 0. The molecule has 1 aliphatic carbocycles. The van der Waals surface area contributed by atoms with Crippen LogP contribution in [-0.2, 0) is 11.2 Å². The van der Waals surface area contributed by atoms with Crippen molar-refractivity contribution in [2.75, 3.05) is 43.1 Å². The number of anilines is 2. The maximum absolute atomic E-state index is 6.58. The summed E-state index contributed by atoms with van der Waals surface area (Å²) in [7, 11) is 0. The Kier molecular flexibility index (Phi) is 5.78. The third-order valence-electron chi connectivity index (χ3n) is 6.89. The number of hydrogen-bond donors (Lipinski definition) is 1. The summed E-state index contributed by atoms with van der Waals surface area (Å²) in [6.45, 7) is 5.87. The Morgan fingerprint density at radius 2 is 1.91 bits per heavy atom. The standard InChI is InChI=1S/C25H30N6O3/c1-16-28-21-6-9-33-24(21)25(29-16)30-17-2-4-19(5-3-17)34-23-13-18(31-7-10-32-11-8-31)12-22-20(23)14-26-15-27-22/h12-15,17,19H,2-11H2,1H3,(H,28,29,30)/t17-,19+. The molecule has 6 rings (SSSR count). The zero-order valence-electron chi connectivity index (χ0n) is 19.5. The Morgan fingerprint density at radius 3 is 2.76 bits per heavy atom. The first kappa shape index (κ1) is 21.3. The smallest absolute Gasteiger partial charge is 0.183 e. The van der Waals surface area contributed by atoms with Gasteiger partial charge in [0.2, 0.25) is 0 Å². The van der Waals surface area contributed by atoms with Crippen LogP contribution in [0.3, 0.4) is 0 Å². The summed E-state index contributed by atoms with van der Waals surface area (Å²) in [5, 5.41) is 4.58. The number of nitrogens with zero attached hydrogens (tertiary/aromatic N) is 5. The quantitative estimate of drug-likeness (QED) is 0.613. The second-order valence-corrected chi connectivity index (χ2v) is 9.23. The van der Waals surface area contributed by atoms with Crippen LogP contribution in [0.15, 0.2) is 24.7 Å². The highest BCUT2D eigenvalue weighted by molar-refractivity contribution is 5.88. The van der Waals surface area contributed by atoms with E-state index < -0.39 is 0 Å². The maximum Gasteiger partial charge on any atom is 0.183 e. The van der Waals surface area contributed by atoms with E-state index in [1.54, 1.807) is 6.33 Å². The SMILES string of the molecule is Cc1nc2c(c(N[C@H]3CC[C@@H](Oc4cc(N5CCOCC5)cc5ncncc45)CC3)n1)OCC2. The Labute approximate surface area is 198 Å². The third kappa shape index (κ3) is 4.32. The van der Waals surface area contributed by atoms with E-state index in [-0.39, 0.29) is 6.10 Å². The molecule has 178 valence electrons. The number of aromatic nitrogens is 4. The summed E-state index contributed by atoms with van der Waals surface area (Å²) in [6, 6.07) is 4.62. The fourth-order valence-electron chi connectivity index (χ4n) is 5.13. The van der Waals surface area contributed by atoms with E-state index >= 15 is 0 Å². The Bertz CT molecular complexity index is 1170. The van der Waals surface area contributed by atoms with Crippen molar-refractivity contribution in [3.05, 3.63) is 36.2 Å². The number of hydrogen-bond acceptors (Lipinski definition) is 9. The molecule has 3 aliphatic rings. The molecule has 2 fully saturated rings. The average Bonchev–Trinajstić information content (AvgIpc) is 3.34. The minimum absolute atomic E-state index is 0.162. The number of fused-ring (bicyclic) bond motifs is 2. The summed E-state index contributed by atoms with van der Waals surface area (Å²) in [5.41, 5.74) is 3.06. The maximum atomic E-state index is 6.58. The predicted molar refractivity (Wildman–Crippen MR) is 129 cm³/mol. The van der Waals surface area contributed by atoms with Gasteiger partial charge in [0.05, 0.1) is 42.5 Å². The van der Waals surface area contributed by atoms with Gasteiger partial charge in [-0.3, -0.25) is 0 Å². The van der Waals surface area contributed by atoms with Crippen molar-refractivity contribution >= 4 is 22.4 Å². The van der Waals surface area contributed by atoms with Gasteiger partial charge >= 0.3 is 0 Å². The first-order valence-corrected chi connectivity index (χ1v) is 12.2. The number of nitrogens with one attached hydrogen (secondary N) is 1. The van der Waals surface area contributed by atoms with Gasteiger partial charge in [-0.2, -0.15) is 0 Å². The Hall–Kier alpha value is -3.20. The number of ether oxygens (including phenoxy) is 3. The van der Waals surface area contributed by atoms with Gasteiger partial charge < -0.3 is 24.4 Å². The third-order valence-corrected chi connectivity index (χ3v) is 6.89. The molecule has 1 N–H and O–H groups in total. The van der Waals surface area contributed by atoms with Crippen LogP contribution in [0.2, 0.25) is 0 Å². The van der Waals surface area contributed by atoms with Crippen LogP contribution in [0.1, 0.15) is 37.2 Å². The zero-order chi connectivity index (χ0) is 22.9.